The molecule has 0 spiro atoms. The van der Waals surface area contributed by atoms with Crippen molar-refractivity contribution in [3.05, 3.63) is 72.8 Å². The van der Waals surface area contributed by atoms with Crippen LogP contribution in [0.4, 0.5) is 0 Å². The number of benzene rings is 4. The van der Waals surface area contributed by atoms with Crippen molar-refractivity contribution in [1.29, 1.82) is 0 Å². The number of methoxy groups -OCH3 is 1. The molecule has 0 N–H and O–H groups in total. The molecule has 276 valence electrons. The smallest absolute Gasteiger partial charge is 0.344 e. The van der Waals surface area contributed by atoms with E-state index in [1.165, 1.54) is 108 Å². The van der Waals surface area contributed by atoms with Crippen molar-refractivity contribution in [2.24, 2.45) is 23.7 Å². The van der Waals surface area contributed by atoms with Gasteiger partial charge in [0.2, 0.25) is 0 Å². The number of carbonyl (C=O) groups is 2. The molecule has 10 rings (SSSR count). The molecule has 0 amide bonds. The summed E-state index contributed by atoms with van der Waals surface area (Å²) >= 11 is 0. The standard InChI is InChI=1S/C26H31O3S.C17H19O3S.CH4/c27-25(29-26-19-12-17-11-18(14-19)15-20(26)13-17)16-28-23-7-8-24(30-9-3-4-10-30)22-6-2-1-5-21(22)23;1-19-17(18)12-20-15-8-9-16(21-10-4-5-11-21)14-7-3-2-6-13(14)15;/h1-2,5-8,17-20,26H,3-4,9-16H2;2-3,6-9H,4-5,10-12H2,1H3;1H4/q2*+1;. The summed E-state index contributed by atoms with van der Waals surface area (Å²) in [5.74, 6) is 9.19. The van der Waals surface area contributed by atoms with E-state index in [-0.39, 0.29) is 38.7 Å². The van der Waals surface area contributed by atoms with Crippen LogP contribution in [-0.2, 0) is 40.9 Å². The van der Waals surface area contributed by atoms with Gasteiger partial charge < -0.3 is 18.9 Å². The zero-order valence-electron chi connectivity index (χ0n) is 29.7. The Hall–Kier alpha value is -3.36. The van der Waals surface area contributed by atoms with E-state index in [1.54, 1.807) is 0 Å². The lowest BCUT2D eigenvalue weighted by Crippen LogP contribution is -2.50. The molecular formula is C44H54O6S2+2. The fourth-order valence-electron chi connectivity index (χ4n) is 9.58. The highest BCUT2D eigenvalue weighted by atomic mass is 32.2. The highest BCUT2D eigenvalue weighted by Crippen LogP contribution is 2.54. The van der Waals surface area contributed by atoms with Crippen molar-refractivity contribution < 1.29 is 28.5 Å². The predicted molar refractivity (Wildman–Crippen MR) is 214 cm³/mol. The van der Waals surface area contributed by atoms with Crippen LogP contribution in [0, 0.1) is 23.7 Å². The maximum Gasteiger partial charge on any atom is 0.344 e. The fourth-order valence-corrected chi connectivity index (χ4v) is 14.6. The first kappa shape index (κ1) is 37.0. The van der Waals surface area contributed by atoms with E-state index >= 15 is 0 Å². The van der Waals surface area contributed by atoms with Gasteiger partial charge in [-0.2, -0.15) is 0 Å². The summed E-state index contributed by atoms with van der Waals surface area (Å²) in [5.41, 5.74) is 0. The largest absolute Gasteiger partial charge is 0.481 e. The lowest BCUT2D eigenvalue weighted by Gasteiger charge is -2.53. The number of carbonyl (C=O) groups excluding carboxylic acids is 2. The fraction of sp³-hybridized carbons (Fsp3) is 0.500. The molecule has 0 aromatic heterocycles. The topological polar surface area (TPSA) is 71.1 Å². The van der Waals surface area contributed by atoms with Crippen molar-refractivity contribution >= 4 is 55.3 Å². The highest BCUT2D eigenvalue weighted by molar-refractivity contribution is 7.97. The van der Waals surface area contributed by atoms with E-state index in [1.807, 2.05) is 12.1 Å². The Morgan fingerprint density at radius 1 is 0.577 bits per heavy atom. The Morgan fingerprint density at radius 2 is 1.00 bits per heavy atom. The molecule has 4 bridgehead atoms. The summed E-state index contributed by atoms with van der Waals surface area (Å²) in [7, 11) is 2.09. The Balaban J connectivity index is 0.000000169. The first-order chi connectivity index (χ1) is 25.0. The van der Waals surface area contributed by atoms with Gasteiger partial charge in [0.15, 0.2) is 23.0 Å². The van der Waals surface area contributed by atoms with Gasteiger partial charge in [0.25, 0.3) is 0 Å². The molecule has 6 aliphatic rings. The van der Waals surface area contributed by atoms with Gasteiger partial charge in [-0.25, -0.2) is 9.59 Å². The zero-order chi connectivity index (χ0) is 34.7. The van der Waals surface area contributed by atoms with Crippen molar-refractivity contribution in [3.8, 4) is 11.5 Å². The van der Waals surface area contributed by atoms with Gasteiger partial charge in [-0.15, -0.1) is 0 Å². The van der Waals surface area contributed by atoms with Gasteiger partial charge >= 0.3 is 11.9 Å². The van der Waals surface area contributed by atoms with Crippen LogP contribution in [0.15, 0.2) is 82.6 Å². The summed E-state index contributed by atoms with van der Waals surface area (Å²) in [6.45, 7) is -0.0383. The summed E-state index contributed by atoms with van der Waals surface area (Å²) in [4.78, 5) is 26.8. The van der Waals surface area contributed by atoms with Gasteiger partial charge in [0.05, 0.1) is 7.11 Å². The van der Waals surface area contributed by atoms with Gasteiger partial charge in [-0.3, -0.25) is 0 Å². The molecule has 0 radical (unpaired) electrons. The molecule has 4 saturated carbocycles. The molecule has 6 nitrogen and oxygen atoms in total. The maximum atomic E-state index is 12.7. The van der Waals surface area contributed by atoms with E-state index in [0.29, 0.717) is 33.6 Å². The molecule has 2 heterocycles. The molecule has 4 aromatic rings. The minimum Gasteiger partial charge on any atom is -0.481 e. The zero-order valence-corrected chi connectivity index (χ0v) is 31.3. The number of rotatable bonds is 9. The molecule has 2 saturated heterocycles. The minimum atomic E-state index is -0.360. The Labute approximate surface area is 315 Å². The predicted octanol–water partition coefficient (Wildman–Crippen LogP) is 9.16. The van der Waals surface area contributed by atoms with Crippen LogP contribution < -0.4 is 9.47 Å². The molecule has 4 aromatic carbocycles. The second kappa shape index (κ2) is 16.8. The summed E-state index contributed by atoms with van der Waals surface area (Å²) in [5, 5.41) is 4.75. The van der Waals surface area contributed by atoms with Crippen LogP contribution in [0.3, 0.4) is 0 Å². The third-order valence-corrected chi connectivity index (χ3v) is 16.8. The second-order valence-corrected chi connectivity index (χ2v) is 19.5. The molecule has 6 fully saturated rings. The van der Waals surface area contributed by atoms with Crippen LogP contribution in [0.1, 0.15) is 65.2 Å². The molecule has 52 heavy (non-hydrogen) atoms. The van der Waals surface area contributed by atoms with E-state index in [9.17, 15) is 9.59 Å². The Morgan fingerprint density at radius 3 is 1.44 bits per heavy atom. The van der Waals surface area contributed by atoms with Gasteiger partial charge in [0.1, 0.15) is 40.6 Å². The molecule has 4 aliphatic carbocycles. The Bertz CT molecular complexity index is 1830. The van der Waals surface area contributed by atoms with Crippen LogP contribution in [-0.4, -0.2) is 61.4 Å². The molecule has 2 aliphatic heterocycles. The van der Waals surface area contributed by atoms with Gasteiger partial charge in [0, 0.05) is 43.3 Å². The van der Waals surface area contributed by atoms with Gasteiger partial charge in [-0.05, 0) is 118 Å². The summed E-state index contributed by atoms with van der Waals surface area (Å²) in [6.07, 6.45) is 12.0. The van der Waals surface area contributed by atoms with Crippen LogP contribution in [0.2, 0.25) is 0 Å². The second-order valence-electron chi connectivity index (χ2n) is 15.0. The molecule has 0 atom stereocenters. The van der Waals surface area contributed by atoms with Crippen LogP contribution >= 0.6 is 0 Å². The monoisotopic (exact) mass is 742 g/mol. The van der Waals surface area contributed by atoms with E-state index < -0.39 is 0 Å². The lowest BCUT2D eigenvalue weighted by molar-refractivity contribution is -0.172. The van der Waals surface area contributed by atoms with E-state index in [2.05, 4.69) is 65.4 Å². The van der Waals surface area contributed by atoms with E-state index in [4.69, 9.17) is 14.2 Å². The average molecular weight is 743 g/mol. The first-order valence-corrected chi connectivity index (χ1v) is 22.1. The number of ether oxygens (including phenoxy) is 4. The maximum absolute atomic E-state index is 12.7. The van der Waals surface area contributed by atoms with Crippen molar-refractivity contribution in [3.63, 3.8) is 0 Å². The van der Waals surface area contributed by atoms with Gasteiger partial charge in [-0.1, -0.05) is 43.8 Å². The first-order valence-electron chi connectivity index (χ1n) is 18.9. The third-order valence-electron chi connectivity index (χ3n) is 11.7. The van der Waals surface area contributed by atoms with Crippen molar-refractivity contribution in [2.75, 3.05) is 43.3 Å². The van der Waals surface area contributed by atoms with Crippen LogP contribution in [0.5, 0.6) is 11.5 Å². The molecule has 0 unspecified atom stereocenters. The third kappa shape index (κ3) is 7.94. The number of esters is 2. The molecule has 8 heteroatoms. The Kier molecular flexibility index (Phi) is 11.9. The van der Waals surface area contributed by atoms with E-state index in [0.717, 1.165) is 34.1 Å². The van der Waals surface area contributed by atoms with Crippen molar-refractivity contribution in [2.45, 2.75) is 81.1 Å². The highest BCUT2D eigenvalue weighted by Gasteiger charge is 2.50. The average Bonchev–Trinajstić information content (AvgIpc) is 3.90. The summed E-state index contributed by atoms with van der Waals surface area (Å²) < 4.78 is 22.3. The number of hydrogen-bond acceptors (Lipinski definition) is 6. The number of fused-ring (bicyclic) bond motifs is 2. The normalized spacial score (nSPS) is 25.0. The van der Waals surface area contributed by atoms with Crippen LogP contribution in [0.25, 0.3) is 21.5 Å². The SMILES string of the molecule is C.COC(=O)COc1ccc([S+]2CCCC2)c2ccccc12.O=C(COc1ccc([S+]2CCCC2)c2ccccc12)OC1C2CC3CC(C2)CC1C3. The lowest BCUT2D eigenvalue weighted by atomic mass is 9.55. The quantitative estimate of drug-likeness (QED) is 0.126. The summed E-state index contributed by atoms with van der Waals surface area (Å²) in [6, 6.07) is 25.2. The number of hydrogen-bond donors (Lipinski definition) is 0. The van der Waals surface area contributed by atoms with Crippen molar-refractivity contribution in [1.82, 2.24) is 0 Å². The minimum absolute atomic E-state index is 0. The molecular weight excluding hydrogens is 689 g/mol.